The predicted molar refractivity (Wildman–Crippen MR) is 58.3 cm³/mol. The van der Waals surface area contributed by atoms with E-state index in [9.17, 15) is 4.79 Å². The van der Waals surface area contributed by atoms with E-state index in [1.165, 1.54) is 0 Å². The summed E-state index contributed by atoms with van der Waals surface area (Å²) < 4.78 is 5.57. The first kappa shape index (κ1) is 10.2. The maximum Gasteiger partial charge on any atom is 0.183 e. The minimum absolute atomic E-state index is 0.00528. The van der Waals surface area contributed by atoms with Crippen LogP contribution in [0.2, 0.25) is 0 Å². The second-order valence-electron chi connectivity index (χ2n) is 4.07. The Hall–Kier alpha value is -1.35. The second kappa shape index (κ2) is 3.66. The number of ether oxygens (including phenoxy) is 1. The lowest BCUT2D eigenvalue weighted by atomic mass is 9.98. The van der Waals surface area contributed by atoms with E-state index in [-0.39, 0.29) is 5.78 Å². The Morgan fingerprint density at radius 3 is 2.87 bits per heavy atom. The summed E-state index contributed by atoms with van der Waals surface area (Å²) in [6.07, 6.45) is 0.589. The second-order valence-corrected chi connectivity index (χ2v) is 4.07. The summed E-state index contributed by atoms with van der Waals surface area (Å²) in [7, 11) is 0. The van der Waals surface area contributed by atoms with Crippen molar-refractivity contribution in [2.45, 2.75) is 26.3 Å². The van der Waals surface area contributed by atoms with E-state index in [2.05, 4.69) is 0 Å². The van der Waals surface area contributed by atoms with Crippen LogP contribution < -0.4 is 10.5 Å². The molecule has 3 heteroatoms. The third kappa shape index (κ3) is 1.75. The number of fused-ring (bicyclic) bond motifs is 1. The maximum absolute atomic E-state index is 11.9. The summed E-state index contributed by atoms with van der Waals surface area (Å²) in [5.74, 6) is 0.702. The number of aryl methyl sites for hydroxylation is 2. The first-order valence-corrected chi connectivity index (χ1v) is 5.13. The summed E-state index contributed by atoms with van der Waals surface area (Å²) in [5, 5.41) is 0. The molecule has 0 radical (unpaired) electrons. The van der Waals surface area contributed by atoms with E-state index < -0.39 is 6.04 Å². The van der Waals surface area contributed by atoms with Crippen molar-refractivity contribution >= 4 is 5.78 Å². The van der Waals surface area contributed by atoms with Crippen molar-refractivity contribution < 1.29 is 9.53 Å². The van der Waals surface area contributed by atoms with Crippen LogP contribution in [0.3, 0.4) is 0 Å². The van der Waals surface area contributed by atoms with Gasteiger partial charge in [0.25, 0.3) is 0 Å². The van der Waals surface area contributed by atoms with Gasteiger partial charge in [0.15, 0.2) is 5.78 Å². The third-order valence-corrected chi connectivity index (χ3v) is 2.70. The highest BCUT2D eigenvalue weighted by molar-refractivity contribution is 6.03. The molecule has 1 aromatic rings. The highest BCUT2D eigenvalue weighted by Crippen LogP contribution is 2.28. The van der Waals surface area contributed by atoms with Gasteiger partial charge in [-0.3, -0.25) is 4.79 Å². The number of rotatable bonds is 0. The fraction of sp³-hybridized carbons (Fsp3) is 0.417. The first-order chi connectivity index (χ1) is 7.09. The molecule has 0 fully saturated rings. The van der Waals surface area contributed by atoms with Crippen molar-refractivity contribution in [2.75, 3.05) is 6.61 Å². The zero-order valence-electron chi connectivity index (χ0n) is 9.04. The van der Waals surface area contributed by atoms with E-state index in [1.54, 1.807) is 0 Å². The summed E-state index contributed by atoms with van der Waals surface area (Å²) in [5.41, 5.74) is 8.47. The average Bonchev–Trinajstić information content (AvgIpc) is 2.30. The predicted octanol–water partition coefficient (Wildman–Crippen LogP) is 1.60. The van der Waals surface area contributed by atoms with E-state index in [0.29, 0.717) is 24.3 Å². The van der Waals surface area contributed by atoms with Gasteiger partial charge in [0.2, 0.25) is 0 Å². The van der Waals surface area contributed by atoms with Crippen LogP contribution >= 0.6 is 0 Å². The molecule has 0 spiro atoms. The van der Waals surface area contributed by atoms with Gasteiger partial charge in [0.1, 0.15) is 5.75 Å². The smallest absolute Gasteiger partial charge is 0.183 e. The Bertz CT molecular complexity index is 412. The highest BCUT2D eigenvalue weighted by Gasteiger charge is 2.24. The summed E-state index contributed by atoms with van der Waals surface area (Å²) in [6.45, 7) is 4.44. The van der Waals surface area contributed by atoms with Gasteiger partial charge in [-0.15, -0.1) is 0 Å². The normalized spacial score (nSPS) is 20.5. The van der Waals surface area contributed by atoms with Gasteiger partial charge >= 0.3 is 0 Å². The van der Waals surface area contributed by atoms with Crippen molar-refractivity contribution in [3.05, 3.63) is 28.8 Å². The SMILES string of the molecule is Cc1cc(C)c2c(c1)C(=O)C(N)CCO2. The summed E-state index contributed by atoms with van der Waals surface area (Å²) in [4.78, 5) is 11.9. The molecule has 1 unspecified atom stereocenters. The fourth-order valence-electron chi connectivity index (χ4n) is 1.95. The molecule has 1 aliphatic rings. The Labute approximate surface area is 89.2 Å². The molecule has 0 aromatic heterocycles. The van der Waals surface area contributed by atoms with Gasteiger partial charge in [-0.05, 0) is 31.0 Å². The molecule has 2 N–H and O–H groups in total. The van der Waals surface area contributed by atoms with Gasteiger partial charge in [0.05, 0.1) is 18.2 Å². The molecular formula is C12H15NO2. The number of Topliss-reactive ketones (excluding diaryl/α,β-unsaturated/α-hetero) is 1. The zero-order valence-corrected chi connectivity index (χ0v) is 9.04. The van der Waals surface area contributed by atoms with E-state index >= 15 is 0 Å². The first-order valence-electron chi connectivity index (χ1n) is 5.13. The topological polar surface area (TPSA) is 52.3 Å². The van der Waals surface area contributed by atoms with Crippen LogP contribution in [-0.4, -0.2) is 18.4 Å². The van der Waals surface area contributed by atoms with E-state index in [4.69, 9.17) is 10.5 Å². The minimum Gasteiger partial charge on any atom is -0.492 e. The average molecular weight is 205 g/mol. The van der Waals surface area contributed by atoms with Crippen LogP contribution in [0.15, 0.2) is 12.1 Å². The monoisotopic (exact) mass is 205 g/mol. The highest BCUT2D eigenvalue weighted by atomic mass is 16.5. The molecule has 0 amide bonds. The Morgan fingerprint density at radius 2 is 2.13 bits per heavy atom. The molecular weight excluding hydrogens is 190 g/mol. The van der Waals surface area contributed by atoms with Gasteiger partial charge in [0, 0.05) is 6.42 Å². The molecule has 0 aliphatic carbocycles. The quantitative estimate of drug-likeness (QED) is 0.699. The number of benzene rings is 1. The Kier molecular flexibility index (Phi) is 2.49. The summed E-state index contributed by atoms with van der Waals surface area (Å²) in [6, 6.07) is 3.45. The lowest BCUT2D eigenvalue weighted by molar-refractivity contribution is 0.0960. The van der Waals surface area contributed by atoms with Crippen LogP contribution in [0, 0.1) is 13.8 Å². The molecule has 1 heterocycles. The molecule has 1 atom stereocenters. The number of hydrogen-bond acceptors (Lipinski definition) is 3. The van der Waals surface area contributed by atoms with Crippen molar-refractivity contribution in [3.8, 4) is 5.75 Å². The zero-order chi connectivity index (χ0) is 11.0. The minimum atomic E-state index is -0.424. The largest absolute Gasteiger partial charge is 0.492 e. The molecule has 1 aliphatic heterocycles. The van der Waals surface area contributed by atoms with Crippen LogP contribution in [0.25, 0.3) is 0 Å². The molecule has 80 valence electrons. The lowest BCUT2D eigenvalue weighted by Crippen LogP contribution is -2.30. The lowest BCUT2D eigenvalue weighted by Gasteiger charge is -2.10. The number of ketones is 1. The van der Waals surface area contributed by atoms with Crippen molar-refractivity contribution in [1.29, 1.82) is 0 Å². The molecule has 1 aromatic carbocycles. The van der Waals surface area contributed by atoms with Crippen LogP contribution in [0.1, 0.15) is 27.9 Å². The van der Waals surface area contributed by atoms with Crippen LogP contribution in [0.5, 0.6) is 5.75 Å². The van der Waals surface area contributed by atoms with Crippen molar-refractivity contribution in [1.82, 2.24) is 0 Å². The van der Waals surface area contributed by atoms with Gasteiger partial charge in [-0.25, -0.2) is 0 Å². The van der Waals surface area contributed by atoms with E-state index in [0.717, 1.165) is 11.1 Å². The van der Waals surface area contributed by atoms with Crippen molar-refractivity contribution in [2.24, 2.45) is 5.73 Å². The van der Waals surface area contributed by atoms with Crippen molar-refractivity contribution in [3.63, 3.8) is 0 Å². The number of carbonyl (C=O) groups excluding carboxylic acids is 1. The molecule has 0 saturated carbocycles. The summed E-state index contributed by atoms with van der Waals surface area (Å²) >= 11 is 0. The van der Waals surface area contributed by atoms with Gasteiger partial charge in [-0.1, -0.05) is 6.07 Å². The standard InChI is InChI=1S/C12H15NO2/c1-7-5-8(2)12-9(6-7)11(14)10(13)3-4-15-12/h5-6,10H,3-4,13H2,1-2H3. The fourth-order valence-corrected chi connectivity index (χ4v) is 1.95. The van der Waals surface area contributed by atoms with Gasteiger partial charge in [-0.2, -0.15) is 0 Å². The number of nitrogens with two attached hydrogens (primary N) is 1. The third-order valence-electron chi connectivity index (χ3n) is 2.70. The molecule has 2 rings (SSSR count). The number of carbonyl (C=O) groups is 1. The molecule has 15 heavy (non-hydrogen) atoms. The Balaban J connectivity index is 2.58. The molecule has 3 nitrogen and oxygen atoms in total. The van der Waals surface area contributed by atoms with Crippen LogP contribution in [-0.2, 0) is 0 Å². The molecule has 0 saturated heterocycles. The van der Waals surface area contributed by atoms with E-state index in [1.807, 2.05) is 26.0 Å². The molecule has 0 bridgehead atoms. The maximum atomic E-state index is 11.9. The van der Waals surface area contributed by atoms with Crippen LogP contribution in [0.4, 0.5) is 0 Å². The number of hydrogen-bond donors (Lipinski definition) is 1. The van der Waals surface area contributed by atoms with Gasteiger partial charge < -0.3 is 10.5 Å². The Morgan fingerprint density at radius 1 is 1.40 bits per heavy atom.